The van der Waals surface area contributed by atoms with Crippen molar-refractivity contribution in [3.05, 3.63) is 77.7 Å². The van der Waals surface area contributed by atoms with E-state index < -0.39 is 0 Å². The van der Waals surface area contributed by atoms with Crippen LogP contribution in [-0.4, -0.2) is 4.99 Å². The first-order valence-electron chi connectivity index (χ1n) is 10.1. The van der Waals surface area contributed by atoms with Gasteiger partial charge in [0, 0.05) is 34.3 Å². The normalized spacial score (nSPS) is 21.9. The average molecular weight is 393 g/mol. The van der Waals surface area contributed by atoms with Crippen LogP contribution in [-0.2, 0) is 6.42 Å². The summed E-state index contributed by atoms with van der Waals surface area (Å²) >= 11 is 5.19. The minimum atomic E-state index is 0.119. The second-order valence-electron chi connectivity index (χ2n) is 9.12. The molecule has 1 aromatic carbocycles. The van der Waals surface area contributed by atoms with Crippen LogP contribution in [0, 0.1) is 10.8 Å². The highest BCUT2D eigenvalue weighted by Crippen LogP contribution is 2.36. The van der Waals surface area contributed by atoms with Gasteiger partial charge in [0.15, 0.2) is 0 Å². The largest absolute Gasteiger partial charge is 0.359 e. The van der Waals surface area contributed by atoms with Crippen molar-refractivity contribution in [3.63, 3.8) is 0 Å². The summed E-state index contributed by atoms with van der Waals surface area (Å²) in [4.78, 5) is 0.964. The van der Waals surface area contributed by atoms with Gasteiger partial charge in [-0.1, -0.05) is 89.0 Å². The number of hydrogen-bond acceptors (Lipinski definition) is 2. The van der Waals surface area contributed by atoms with Gasteiger partial charge in [-0.3, -0.25) is 0 Å². The molecule has 0 atom stereocenters. The molecule has 28 heavy (non-hydrogen) atoms. The lowest BCUT2D eigenvalue weighted by molar-refractivity contribution is 0.418. The van der Waals surface area contributed by atoms with E-state index in [0.717, 1.165) is 36.4 Å². The molecule has 2 N–H and O–H groups in total. The number of thiocarbonyl (C=S) groups is 1. The van der Waals surface area contributed by atoms with Gasteiger partial charge in [0.25, 0.3) is 0 Å². The van der Waals surface area contributed by atoms with Crippen LogP contribution in [0.2, 0.25) is 0 Å². The fraction of sp³-hybridized carbons (Fsp3) is 0.400. The summed E-state index contributed by atoms with van der Waals surface area (Å²) in [6.07, 6.45) is 13.2. The topological polar surface area (TPSA) is 24.1 Å². The van der Waals surface area contributed by atoms with Crippen molar-refractivity contribution in [2.75, 3.05) is 5.32 Å². The van der Waals surface area contributed by atoms with E-state index in [1.807, 2.05) is 0 Å². The minimum Gasteiger partial charge on any atom is -0.359 e. The minimum absolute atomic E-state index is 0.119. The zero-order valence-electron chi connectivity index (χ0n) is 17.6. The summed E-state index contributed by atoms with van der Waals surface area (Å²) in [5.74, 6) is 0. The van der Waals surface area contributed by atoms with Crippen LogP contribution in [0.25, 0.3) is 0 Å². The zero-order chi connectivity index (χ0) is 20.4. The molecular formula is C25H32N2S. The summed E-state index contributed by atoms with van der Waals surface area (Å²) < 4.78 is 0. The lowest BCUT2D eigenvalue weighted by Crippen LogP contribution is -2.27. The molecule has 0 amide bonds. The summed E-state index contributed by atoms with van der Waals surface area (Å²) in [6.45, 7) is 13.0. The van der Waals surface area contributed by atoms with Crippen molar-refractivity contribution in [3.8, 4) is 0 Å². The molecule has 0 spiro atoms. The summed E-state index contributed by atoms with van der Waals surface area (Å²) in [6, 6.07) is 8.48. The van der Waals surface area contributed by atoms with E-state index in [1.54, 1.807) is 0 Å². The highest BCUT2D eigenvalue weighted by atomic mass is 32.1. The Hall–Kier alpha value is -2.13. The Kier molecular flexibility index (Phi) is 5.95. The lowest BCUT2D eigenvalue weighted by atomic mass is 9.85. The predicted molar refractivity (Wildman–Crippen MR) is 125 cm³/mol. The SMILES string of the molecule is C=C1Nc2ccccc2CCC1(C)C.CC1(C)C=CC=C2CCC(=S)NC2=C1. The van der Waals surface area contributed by atoms with E-state index in [-0.39, 0.29) is 10.8 Å². The van der Waals surface area contributed by atoms with E-state index in [0.29, 0.717) is 0 Å². The molecule has 1 aliphatic carbocycles. The van der Waals surface area contributed by atoms with Crippen LogP contribution in [0.4, 0.5) is 5.69 Å². The molecular weight excluding hydrogens is 360 g/mol. The van der Waals surface area contributed by atoms with Gasteiger partial charge in [-0.25, -0.2) is 0 Å². The van der Waals surface area contributed by atoms with Gasteiger partial charge in [-0.05, 0) is 36.5 Å². The van der Waals surface area contributed by atoms with Crippen molar-refractivity contribution in [2.45, 2.75) is 53.4 Å². The molecule has 2 nitrogen and oxygen atoms in total. The van der Waals surface area contributed by atoms with Gasteiger partial charge >= 0.3 is 0 Å². The quantitative estimate of drug-likeness (QED) is 0.481. The fourth-order valence-corrected chi connectivity index (χ4v) is 3.81. The lowest BCUT2D eigenvalue weighted by Gasteiger charge is -2.25. The van der Waals surface area contributed by atoms with Crippen molar-refractivity contribution in [1.29, 1.82) is 0 Å². The van der Waals surface area contributed by atoms with Gasteiger partial charge < -0.3 is 10.6 Å². The smallest absolute Gasteiger partial charge is 0.0800 e. The average Bonchev–Trinajstić information content (AvgIpc) is 2.84. The van der Waals surface area contributed by atoms with Gasteiger partial charge in [0.1, 0.15) is 0 Å². The highest BCUT2D eigenvalue weighted by Gasteiger charge is 2.25. The second kappa shape index (κ2) is 8.08. The molecule has 2 heterocycles. The third kappa shape index (κ3) is 5.02. The molecule has 3 aliphatic rings. The van der Waals surface area contributed by atoms with Gasteiger partial charge in [0.2, 0.25) is 0 Å². The molecule has 0 aromatic heterocycles. The number of piperidine rings is 1. The Bertz CT molecular complexity index is 868. The van der Waals surface area contributed by atoms with Crippen LogP contribution in [0.15, 0.2) is 72.1 Å². The molecule has 1 fully saturated rings. The molecule has 0 unspecified atom stereocenters. The number of allylic oxidation sites excluding steroid dienone is 6. The molecule has 1 saturated heterocycles. The van der Waals surface area contributed by atoms with Gasteiger partial charge in [-0.2, -0.15) is 0 Å². The molecule has 3 heteroatoms. The summed E-state index contributed by atoms with van der Waals surface area (Å²) in [5.41, 5.74) is 6.65. The Balaban J connectivity index is 0.000000161. The van der Waals surface area contributed by atoms with Crippen molar-refractivity contribution < 1.29 is 0 Å². The van der Waals surface area contributed by atoms with E-state index in [9.17, 15) is 0 Å². The third-order valence-corrected chi connectivity index (χ3v) is 6.03. The summed E-state index contributed by atoms with van der Waals surface area (Å²) in [5, 5.41) is 6.72. The first kappa shape index (κ1) is 20.6. The van der Waals surface area contributed by atoms with E-state index in [2.05, 4.69) is 93.5 Å². The monoisotopic (exact) mass is 392 g/mol. The fourth-order valence-electron chi connectivity index (χ4n) is 3.60. The molecule has 0 saturated carbocycles. The van der Waals surface area contributed by atoms with E-state index in [4.69, 9.17) is 12.2 Å². The zero-order valence-corrected chi connectivity index (χ0v) is 18.4. The van der Waals surface area contributed by atoms with Crippen LogP contribution >= 0.6 is 12.2 Å². The van der Waals surface area contributed by atoms with Crippen molar-refractivity contribution >= 4 is 22.9 Å². The molecule has 0 radical (unpaired) electrons. The number of hydrogen-bond donors (Lipinski definition) is 2. The Morgan fingerprint density at radius 2 is 1.75 bits per heavy atom. The Labute approximate surface area is 175 Å². The molecule has 2 aliphatic heterocycles. The Morgan fingerprint density at radius 3 is 2.54 bits per heavy atom. The molecule has 0 bridgehead atoms. The number of benzene rings is 1. The maximum atomic E-state index is 5.19. The van der Waals surface area contributed by atoms with Crippen LogP contribution < -0.4 is 10.6 Å². The van der Waals surface area contributed by atoms with Crippen molar-refractivity contribution in [1.82, 2.24) is 5.32 Å². The number of anilines is 1. The number of nitrogens with one attached hydrogen (secondary N) is 2. The third-order valence-electron chi connectivity index (χ3n) is 5.72. The van der Waals surface area contributed by atoms with Gasteiger partial charge in [-0.15, -0.1) is 0 Å². The molecule has 1 aromatic rings. The number of para-hydroxylation sites is 1. The highest BCUT2D eigenvalue weighted by molar-refractivity contribution is 7.80. The second-order valence-corrected chi connectivity index (χ2v) is 9.62. The first-order chi connectivity index (χ1) is 13.2. The van der Waals surface area contributed by atoms with E-state index in [1.165, 1.54) is 22.5 Å². The molecule has 4 rings (SSSR count). The van der Waals surface area contributed by atoms with E-state index >= 15 is 0 Å². The van der Waals surface area contributed by atoms with Crippen LogP contribution in [0.1, 0.15) is 52.5 Å². The molecule has 148 valence electrons. The maximum Gasteiger partial charge on any atom is 0.0800 e. The maximum absolute atomic E-state index is 5.19. The van der Waals surface area contributed by atoms with Crippen LogP contribution in [0.3, 0.4) is 0 Å². The van der Waals surface area contributed by atoms with Crippen LogP contribution in [0.5, 0.6) is 0 Å². The number of aryl methyl sites for hydroxylation is 1. The standard InChI is InChI=1S/C13H17N.C12H15NS/c1-10-13(2,3)9-8-11-6-4-5-7-12(11)14-10;1-12(2)7-3-4-9-5-6-11(14)13-10(9)8-12/h4-7,14H,1,8-9H2,2-3H3;3-4,7-8H,5-6H2,1-2H3,(H,13,14). The number of fused-ring (bicyclic) bond motifs is 2. The predicted octanol–water partition coefficient (Wildman–Crippen LogP) is 6.69. The summed E-state index contributed by atoms with van der Waals surface area (Å²) in [7, 11) is 0. The first-order valence-corrected chi connectivity index (χ1v) is 10.5. The Morgan fingerprint density at radius 1 is 1.00 bits per heavy atom. The van der Waals surface area contributed by atoms with Crippen molar-refractivity contribution in [2.24, 2.45) is 10.8 Å². The van der Waals surface area contributed by atoms with Gasteiger partial charge in [0.05, 0.1) is 4.99 Å². The number of rotatable bonds is 0.